The number of hydrogen-bond donors (Lipinski definition) is 1. The summed E-state index contributed by atoms with van der Waals surface area (Å²) in [6, 6.07) is 0.596. The minimum Gasteiger partial charge on any atom is -0.344 e. The Labute approximate surface area is 117 Å². The van der Waals surface area contributed by atoms with Gasteiger partial charge in [-0.25, -0.2) is 0 Å². The molecule has 0 aromatic heterocycles. The molecule has 1 heterocycles. The van der Waals surface area contributed by atoms with E-state index in [0.29, 0.717) is 12.0 Å². The van der Waals surface area contributed by atoms with E-state index >= 15 is 0 Å². The second kappa shape index (κ2) is 6.23. The van der Waals surface area contributed by atoms with E-state index in [1.807, 2.05) is 11.9 Å². The van der Waals surface area contributed by atoms with Gasteiger partial charge in [-0.3, -0.25) is 4.79 Å². The first kappa shape index (κ1) is 14.8. The molecule has 4 nitrogen and oxygen atoms in total. The molecule has 2 N–H and O–H groups in total. The number of amides is 1. The van der Waals surface area contributed by atoms with Crippen LogP contribution in [-0.4, -0.2) is 55.0 Å². The van der Waals surface area contributed by atoms with Gasteiger partial charge in [0.05, 0.1) is 5.92 Å². The average molecular weight is 267 g/mol. The Bertz CT molecular complexity index is 321. The van der Waals surface area contributed by atoms with Gasteiger partial charge >= 0.3 is 0 Å². The monoisotopic (exact) mass is 267 g/mol. The minimum absolute atomic E-state index is 0.0421. The zero-order chi connectivity index (χ0) is 14.0. The van der Waals surface area contributed by atoms with Gasteiger partial charge in [-0.05, 0) is 51.6 Å². The van der Waals surface area contributed by atoms with E-state index in [2.05, 4.69) is 18.9 Å². The Hall–Kier alpha value is -0.610. The van der Waals surface area contributed by atoms with Gasteiger partial charge < -0.3 is 15.5 Å². The Morgan fingerprint density at radius 3 is 2.74 bits per heavy atom. The highest BCUT2D eigenvalue weighted by Gasteiger charge is 2.34. The molecule has 2 fully saturated rings. The fourth-order valence-corrected chi connectivity index (χ4v) is 3.59. The lowest BCUT2D eigenvalue weighted by molar-refractivity contribution is -0.136. The molecular weight excluding hydrogens is 238 g/mol. The van der Waals surface area contributed by atoms with Gasteiger partial charge in [-0.1, -0.05) is 6.92 Å². The fraction of sp³-hybridized carbons (Fsp3) is 0.933. The number of nitrogens with two attached hydrogens (primary N) is 1. The molecule has 0 spiro atoms. The lowest BCUT2D eigenvalue weighted by Gasteiger charge is -2.35. The van der Waals surface area contributed by atoms with E-state index in [1.54, 1.807) is 0 Å². The van der Waals surface area contributed by atoms with Crippen molar-refractivity contribution >= 4 is 5.91 Å². The molecule has 0 aromatic carbocycles. The van der Waals surface area contributed by atoms with E-state index in [4.69, 9.17) is 5.73 Å². The Kier molecular flexibility index (Phi) is 4.85. The highest BCUT2D eigenvalue weighted by Crippen LogP contribution is 2.29. The first-order valence-corrected chi connectivity index (χ1v) is 7.69. The van der Waals surface area contributed by atoms with Crippen LogP contribution in [0.5, 0.6) is 0 Å². The molecule has 2 aliphatic rings. The normalized spacial score (nSPS) is 36.4. The number of rotatable bonds is 3. The summed E-state index contributed by atoms with van der Waals surface area (Å²) >= 11 is 0. The van der Waals surface area contributed by atoms with Crippen molar-refractivity contribution in [2.75, 3.05) is 27.2 Å². The number of likely N-dealkylation sites (tertiary alicyclic amines) is 1. The van der Waals surface area contributed by atoms with Crippen LogP contribution in [0.1, 0.15) is 39.0 Å². The van der Waals surface area contributed by atoms with Crippen molar-refractivity contribution in [3.63, 3.8) is 0 Å². The van der Waals surface area contributed by atoms with Gasteiger partial charge in [0, 0.05) is 25.7 Å². The van der Waals surface area contributed by atoms with Crippen LogP contribution in [0, 0.1) is 11.8 Å². The van der Waals surface area contributed by atoms with Crippen LogP contribution in [-0.2, 0) is 4.79 Å². The maximum Gasteiger partial charge on any atom is 0.227 e. The maximum absolute atomic E-state index is 12.6. The summed E-state index contributed by atoms with van der Waals surface area (Å²) in [5.74, 6) is 0.941. The zero-order valence-corrected chi connectivity index (χ0v) is 12.6. The summed E-state index contributed by atoms with van der Waals surface area (Å²) in [5.41, 5.74) is 6.16. The third-order valence-electron chi connectivity index (χ3n) is 5.02. The summed E-state index contributed by atoms with van der Waals surface area (Å²) in [5, 5.41) is 0. The van der Waals surface area contributed by atoms with E-state index in [9.17, 15) is 4.79 Å². The molecule has 1 amide bonds. The molecule has 0 aromatic rings. The minimum atomic E-state index is 0.0421. The second-order valence-electron chi connectivity index (χ2n) is 6.68. The fourth-order valence-electron chi connectivity index (χ4n) is 3.59. The molecular formula is C15H29N3O. The number of hydrogen-bond acceptors (Lipinski definition) is 3. The predicted octanol–water partition coefficient (Wildman–Crippen LogP) is 1.30. The third kappa shape index (κ3) is 3.48. The van der Waals surface area contributed by atoms with Gasteiger partial charge in [0.15, 0.2) is 0 Å². The molecule has 1 aliphatic carbocycles. The van der Waals surface area contributed by atoms with Crippen LogP contribution in [0.4, 0.5) is 0 Å². The van der Waals surface area contributed by atoms with E-state index in [1.165, 1.54) is 19.3 Å². The highest BCUT2D eigenvalue weighted by atomic mass is 16.2. The molecule has 110 valence electrons. The van der Waals surface area contributed by atoms with Crippen LogP contribution in [0.15, 0.2) is 0 Å². The van der Waals surface area contributed by atoms with Crippen LogP contribution in [0.2, 0.25) is 0 Å². The van der Waals surface area contributed by atoms with E-state index in [-0.39, 0.29) is 17.9 Å². The number of carbonyl (C=O) groups excluding carboxylic acids is 1. The van der Waals surface area contributed by atoms with Crippen molar-refractivity contribution in [3.8, 4) is 0 Å². The Morgan fingerprint density at radius 1 is 1.37 bits per heavy atom. The molecule has 2 rings (SSSR count). The summed E-state index contributed by atoms with van der Waals surface area (Å²) in [7, 11) is 4.10. The average Bonchev–Trinajstić information content (AvgIpc) is 2.77. The van der Waals surface area contributed by atoms with E-state index < -0.39 is 0 Å². The number of carbonyl (C=O) groups is 1. The summed E-state index contributed by atoms with van der Waals surface area (Å²) in [6.07, 6.45) is 5.59. The van der Waals surface area contributed by atoms with Gasteiger partial charge in [0.25, 0.3) is 0 Å². The summed E-state index contributed by atoms with van der Waals surface area (Å²) < 4.78 is 0. The lowest BCUT2D eigenvalue weighted by atomic mass is 9.78. The standard InChI is InChI=1S/C15H29N3O/c1-11-6-7-14(16)13(9-11)15(19)18(3)10-12-5-4-8-17(12)2/h11-14H,4-10,16H2,1-3H3. The van der Waals surface area contributed by atoms with Crippen LogP contribution in [0.3, 0.4) is 0 Å². The molecule has 1 aliphatic heterocycles. The molecule has 19 heavy (non-hydrogen) atoms. The maximum atomic E-state index is 12.6. The lowest BCUT2D eigenvalue weighted by Crippen LogP contribution is -2.48. The number of likely N-dealkylation sites (N-methyl/N-ethyl adjacent to an activating group) is 2. The second-order valence-corrected chi connectivity index (χ2v) is 6.68. The Morgan fingerprint density at radius 2 is 2.11 bits per heavy atom. The smallest absolute Gasteiger partial charge is 0.227 e. The summed E-state index contributed by atoms with van der Waals surface area (Å²) in [6.45, 7) is 4.25. The SMILES string of the molecule is CC1CCC(N)C(C(=O)N(C)CC2CCCN2C)C1. The van der Waals surface area contributed by atoms with E-state index in [0.717, 1.165) is 25.9 Å². The molecule has 0 radical (unpaired) electrons. The van der Waals surface area contributed by atoms with Crippen molar-refractivity contribution < 1.29 is 4.79 Å². The predicted molar refractivity (Wildman–Crippen MR) is 77.8 cm³/mol. The number of nitrogens with zero attached hydrogens (tertiary/aromatic N) is 2. The van der Waals surface area contributed by atoms with Crippen molar-refractivity contribution in [3.05, 3.63) is 0 Å². The van der Waals surface area contributed by atoms with Crippen molar-refractivity contribution in [1.29, 1.82) is 0 Å². The van der Waals surface area contributed by atoms with Crippen molar-refractivity contribution in [1.82, 2.24) is 9.80 Å². The summed E-state index contributed by atoms with van der Waals surface area (Å²) in [4.78, 5) is 16.9. The van der Waals surface area contributed by atoms with Gasteiger partial charge in [-0.2, -0.15) is 0 Å². The largest absolute Gasteiger partial charge is 0.344 e. The van der Waals surface area contributed by atoms with Crippen LogP contribution >= 0.6 is 0 Å². The highest BCUT2D eigenvalue weighted by molar-refractivity contribution is 5.79. The third-order valence-corrected chi connectivity index (χ3v) is 5.02. The zero-order valence-electron chi connectivity index (χ0n) is 12.6. The molecule has 1 saturated heterocycles. The molecule has 4 atom stereocenters. The molecule has 0 bridgehead atoms. The Balaban J connectivity index is 1.90. The quantitative estimate of drug-likeness (QED) is 0.838. The molecule has 4 heteroatoms. The van der Waals surface area contributed by atoms with Gasteiger partial charge in [-0.15, -0.1) is 0 Å². The first-order chi connectivity index (χ1) is 8.99. The molecule has 1 saturated carbocycles. The van der Waals surface area contributed by atoms with Crippen LogP contribution < -0.4 is 5.73 Å². The van der Waals surface area contributed by atoms with Crippen molar-refractivity contribution in [2.45, 2.75) is 51.1 Å². The molecule has 4 unspecified atom stereocenters. The van der Waals surface area contributed by atoms with Crippen LogP contribution in [0.25, 0.3) is 0 Å². The first-order valence-electron chi connectivity index (χ1n) is 7.69. The van der Waals surface area contributed by atoms with Gasteiger partial charge in [0.2, 0.25) is 5.91 Å². The van der Waals surface area contributed by atoms with Crippen molar-refractivity contribution in [2.24, 2.45) is 17.6 Å². The topological polar surface area (TPSA) is 49.6 Å². The van der Waals surface area contributed by atoms with Gasteiger partial charge in [0.1, 0.15) is 0 Å².